The molecule has 0 saturated heterocycles. The molecule has 2 atom stereocenters. The minimum atomic E-state index is 0.164. The van der Waals surface area contributed by atoms with Crippen LogP contribution in [-0.4, -0.2) is 22.7 Å². The molecule has 3 nitrogen and oxygen atoms in total. The van der Waals surface area contributed by atoms with Gasteiger partial charge in [-0.2, -0.15) is 0 Å². The zero-order valence-electron chi connectivity index (χ0n) is 10.5. The van der Waals surface area contributed by atoms with Crippen LogP contribution in [0.5, 0.6) is 0 Å². The van der Waals surface area contributed by atoms with Crippen LogP contribution in [0.3, 0.4) is 0 Å². The molecule has 0 aliphatic heterocycles. The smallest absolute Gasteiger partial charge is 0.0898 e. The summed E-state index contributed by atoms with van der Waals surface area (Å²) >= 11 is 1.67. The molecule has 0 radical (unpaired) electrons. The van der Waals surface area contributed by atoms with Gasteiger partial charge in [0, 0.05) is 17.5 Å². The van der Waals surface area contributed by atoms with Gasteiger partial charge in [0.05, 0.1) is 17.3 Å². The molecule has 0 aliphatic rings. The van der Waals surface area contributed by atoms with Gasteiger partial charge in [0.15, 0.2) is 0 Å². The number of aliphatic hydroxyl groups is 1. The predicted molar refractivity (Wildman–Crippen MR) is 68.7 cm³/mol. The fourth-order valence-corrected chi connectivity index (χ4v) is 2.49. The van der Waals surface area contributed by atoms with E-state index in [9.17, 15) is 5.11 Å². The lowest BCUT2D eigenvalue weighted by molar-refractivity contribution is 0.215. The molecule has 0 amide bonds. The number of thiazole rings is 1. The van der Waals surface area contributed by atoms with Gasteiger partial charge >= 0.3 is 0 Å². The van der Waals surface area contributed by atoms with Crippen LogP contribution in [0.25, 0.3) is 0 Å². The molecule has 2 unspecified atom stereocenters. The van der Waals surface area contributed by atoms with E-state index in [2.05, 4.69) is 36.5 Å². The van der Waals surface area contributed by atoms with Crippen molar-refractivity contribution in [3.63, 3.8) is 0 Å². The Morgan fingerprint density at radius 3 is 2.56 bits per heavy atom. The summed E-state index contributed by atoms with van der Waals surface area (Å²) in [6.07, 6.45) is 0.990. The molecular weight excluding hydrogens is 220 g/mol. The Hall–Kier alpha value is -0.450. The van der Waals surface area contributed by atoms with Crippen LogP contribution in [0.4, 0.5) is 0 Å². The second-order valence-electron chi connectivity index (χ2n) is 4.69. The highest BCUT2D eigenvalue weighted by Crippen LogP contribution is 2.17. The molecule has 0 bridgehead atoms. The van der Waals surface area contributed by atoms with E-state index in [-0.39, 0.29) is 18.7 Å². The van der Waals surface area contributed by atoms with Gasteiger partial charge in [0.1, 0.15) is 0 Å². The van der Waals surface area contributed by atoms with Crippen molar-refractivity contribution < 1.29 is 5.11 Å². The monoisotopic (exact) mass is 242 g/mol. The molecule has 2 N–H and O–H groups in total. The predicted octanol–water partition coefficient (Wildman–Crippen LogP) is 2.51. The fourth-order valence-electron chi connectivity index (χ4n) is 1.78. The Labute approximate surface area is 102 Å². The average Bonchev–Trinajstić information content (AvgIpc) is 2.63. The Bertz CT molecular complexity index is 312. The highest BCUT2D eigenvalue weighted by molar-refractivity contribution is 7.09. The van der Waals surface area contributed by atoms with Crippen LogP contribution in [0.15, 0.2) is 5.38 Å². The minimum Gasteiger partial charge on any atom is -0.395 e. The second-order valence-corrected chi connectivity index (χ2v) is 5.75. The molecule has 1 aromatic rings. The van der Waals surface area contributed by atoms with E-state index in [0.717, 1.165) is 17.1 Å². The second kappa shape index (κ2) is 6.33. The SMILES string of the molecule is Cc1nc(C(C)NC(CO)CC(C)C)cs1. The molecule has 16 heavy (non-hydrogen) atoms. The Kier molecular flexibility index (Phi) is 5.38. The van der Waals surface area contributed by atoms with Gasteiger partial charge in [-0.25, -0.2) is 4.98 Å². The Morgan fingerprint density at radius 1 is 1.44 bits per heavy atom. The number of nitrogens with one attached hydrogen (secondary N) is 1. The number of aliphatic hydroxyl groups excluding tert-OH is 1. The lowest BCUT2D eigenvalue weighted by Gasteiger charge is -2.22. The molecule has 4 heteroatoms. The van der Waals surface area contributed by atoms with Crippen LogP contribution in [0.1, 0.15) is 43.9 Å². The summed E-state index contributed by atoms with van der Waals surface area (Å²) in [6.45, 7) is 8.63. The first-order valence-electron chi connectivity index (χ1n) is 5.81. The first kappa shape index (κ1) is 13.6. The zero-order valence-corrected chi connectivity index (χ0v) is 11.3. The summed E-state index contributed by atoms with van der Waals surface area (Å²) in [4.78, 5) is 4.45. The van der Waals surface area contributed by atoms with Gasteiger partial charge in [-0.15, -0.1) is 11.3 Å². The van der Waals surface area contributed by atoms with Gasteiger partial charge < -0.3 is 10.4 Å². The van der Waals surface area contributed by atoms with Crippen molar-refractivity contribution in [3.8, 4) is 0 Å². The first-order chi connectivity index (χ1) is 7.52. The number of hydrogen-bond acceptors (Lipinski definition) is 4. The third kappa shape index (κ3) is 4.20. The maximum absolute atomic E-state index is 9.30. The van der Waals surface area contributed by atoms with Crippen molar-refractivity contribution in [2.45, 2.75) is 46.2 Å². The highest BCUT2D eigenvalue weighted by Gasteiger charge is 2.15. The topological polar surface area (TPSA) is 45.2 Å². The number of aryl methyl sites for hydroxylation is 1. The van der Waals surface area contributed by atoms with E-state index in [0.29, 0.717) is 5.92 Å². The van der Waals surface area contributed by atoms with Crippen LogP contribution in [-0.2, 0) is 0 Å². The fraction of sp³-hybridized carbons (Fsp3) is 0.750. The summed E-state index contributed by atoms with van der Waals surface area (Å²) < 4.78 is 0. The van der Waals surface area contributed by atoms with E-state index >= 15 is 0 Å². The summed E-state index contributed by atoms with van der Waals surface area (Å²) in [5, 5.41) is 15.9. The Morgan fingerprint density at radius 2 is 2.12 bits per heavy atom. The maximum atomic E-state index is 9.30. The van der Waals surface area contributed by atoms with Crippen molar-refractivity contribution in [3.05, 3.63) is 16.1 Å². The third-order valence-corrected chi connectivity index (χ3v) is 3.33. The average molecular weight is 242 g/mol. The molecule has 0 aromatic carbocycles. The minimum absolute atomic E-state index is 0.164. The third-order valence-electron chi connectivity index (χ3n) is 2.54. The number of hydrogen-bond donors (Lipinski definition) is 2. The van der Waals surface area contributed by atoms with E-state index in [1.54, 1.807) is 11.3 Å². The van der Waals surface area contributed by atoms with Crippen molar-refractivity contribution >= 4 is 11.3 Å². The zero-order chi connectivity index (χ0) is 12.1. The van der Waals surface area contributed by atoms with Crippen molar-refractivity contribution in [2.24, 2.45) is 5.92 Å². The maximum Gasteiger partial charge on any atom is 0.0898 e. The lowest BCUT2D eigenvalue weighted by Crippen LogP contribution is -2.35. The molecular formula is C12H22N2OS. The van der Waals surface area contributed by atoms with Crippen molar-refractivity contribution in [1.29, 1.82) is 0 Å². The molecule has 0 spiro atoms. The van der Waals surface area contributed by atoms with E-state index in [4.69, 9.17) is 0 Å². The molecule has 92 valence electrons. The molecule has 1 aromatic heterocycles. The normalized spacial score (nSPS) is 15.4. The van der Waals surface area contributed by atoms with Gasteiger partial charge in [-0.05, 0) is 26.2 Å². The quantitative estimate of drug-likeness (QED) is 0.805. The summed E-state index contributed by atoms with van der Waals surface area (Å²) in [5.74, 6) is 0.592. The van der Waals surface area contributed by atoms with Gasteiger partial charge in [-0.3, -0.25) is 0 Å². The lowest BCUT2D eigenvalue weighted by atomic mass is 10.0. The largest absolute Gasteiger partial charge is 0.395 e. The molecule has 0 aliphatic carbocycles. The van der Waals surface area contributed by atoms with Gasteiger partial charge in [0.25, 0.3) is 0 Å². The van der Waals surface area contributed by atoms with Crippen molar-refractivity contribution in [1.82, 2.24) is 10.3 Å². The van der Waals surface area contributed by atoms with Crippen molar-refractivity contribution in [2.75, 3.05) is 6.61 Å². The van der Waals surface area contributed by atoms with E-state index in [1.165, 1.54) is 0 Å². The number of aromatic nitrogens is 1. The summed E-state index contributed by atoms with van der Waals surface area (Å²) in [5.41, 5.74) is 1.07. The molecule has 1 rings (SSSR count). The highest BCUT2D eigenvalue weighted by atomic mass is 32.1. The van der Waals surface area contributed by atoms with Crippen LogP contribution < -0.4 is 5.32 Å². The Balaban J connectivity index is 2.51. The van der Waals surface area contributed by atoms with Gasteiger partial charge in [0.2, 0.25) is 0 Å². The molecule has 0 saturated carbocycles. The molecule has 0 fully saturated rings. The number of rotatable bonds is 6. The van der Waals surface area contributed by atoms with Crippen LogP contribution >= 0.6 is 11.3 Å². The van der Waals surface area contributed by atoms with Crippen LogP contribution in [0.2, 0.25) is 0 Å². The summed E-state index contributed by atoms with van der Waals surface area (Å²) in [6, 6.07) is 0.373. The van der Waals surface area contributed by atoms with E-state index < -0.39 is 0 Å². The first-order valence-corrected chi connectivity index (χ1v) is 6.69. The molecule has 1 heterocycles. The summed E-state index contributed by atoms with van der Waals surface area (Å²) in [7, 11) is 0. The van der Waals surface area contributed by atoms with E-state index in [1.807, 2.05) is 6.92 Å². The van der Waals surface area contributed by atoms with Gasteiger partial charge in [-0.1, -0.05) is 13.8 Å². The van der Waals surface area contributed by atoms with Crippen LogP contribution in [0, 0.1) is 12.8 Å². The standard InChI is InChI=1S/C12H22N2OS/c1-8(2)5-11(6-15)13-9(3)12-7-16-10(4)14-12/h7-9,11,13,15H,5-6H2,1-4H3. The number of nitrogens with zero attached hydrogens (tertiary/aromatic N) is 1.